The second-order valence-electron chi connectivity index (χ2n) is 4.64. The van der Waals surface area contributed by atoms with Crippen molar-refractivity contribution in [3.63, 3.8) is 0 Å². The highest BCUT2D eigenvalue weighted by Gasteiger charge is 2.13. The van der Waals surface area contributed by atoms with E-state index in [1.54, 1.807) is 18.0 Å². The van der Waals surface area contributed by atoms with Crippen LogP contribution in [0.2, 0.25) is 0 Å². The van der Waals surface area contributed by atoms with Gasteiger partial charge >= 0.3 is 0 Å². The van der Waals surface area contributed by atoms with Gasteiger partial charge in [-0.2, -0.15) is 0 Å². The summed E-state index contributed by atoms with van der Waals surface area (Å²) >= 11 is 1.64. The van der Waals surface area contributed by atoms with E-state index >= 15 is 0 Å². The number of nitrogens with one attached hydrogen (secondary N) is 1. The summed E-state index contributed by atoms with van der Waals surface area (Å²) < 4.78 is 5.35. The fraction of sp³-hybridized carbons (Fsp3) is 0.467. The highest BCUT2D eigenvalue weighted by molar-refractivity contribution is 7.99. The van der Waals surface area contributed by atoms with Crippen molar-refractivity contribution in [2.24, 2.45) is 0 Å². The van der Waals surface area contributed by atoms with E-state index in [2.05, 4.69) is 36.1 Å². The number of anilines is 1. The predicted molar refractivity (Wildman–Crippen MR) is 82.5 cm³/mol. The fourth-order valence-electron chi connectivity index (χ4n) is 1.80. The summed E-state index contributed by atoms with van der Waals surface area (Å²) in [6.07, 6.45) is 3.62. The van der Waals surface area contributed by atoms with Crippen LogP contribution in [0.15, 0.2) is 26.7 Å². The molecule has 0 saturated heterocycles. The standard InChI is InChI=1S/C15H21N3OS/c1-5-8-16-14-10(3)15(18-13(6-2)17-14)20-12-7-9-19-11(12)4/h7,9H,5-6,8H2,1-4H3,(H,16,17,18). The summed E-state index contributed by atoms with van der Waals surface area (Å²) in [6, 6.07) is 1.98. The molecule has 0 fully saturated rings. The number of aromatic nitrogens is 2. The Morgan fingerprint density at radius 3 is 2.65 bits per heavy atom. The van der Waals surface area contributed by atoms with Crippen molar-refractivity contribution < 1.29 is 4.42 Å². The van der Waals surface area contributed by atoms with Gasteiger partial charge in [0.2, 0.25) is 0 Å². The zero-order valence-corrected chi connectivity index (χ0v) is 13.3. The fourth-order valence-corrected chi connectivity index (χ4v) is 2.72. The Morgan fingerprint density at radius 2 is 2.05 bits per heavy atom. The van der Waals surface area contributed by atoms with Crippen LogP contribution in [-0.2, 0) is 6.42 Å². The van der Waals surface area contributed by atoms with Crippen LogP contribution in [0.25, 0.3) is 0 Å². The van der Waals surface area contributed by atoms with E-state index in [-0.39, 0.29) is 0 Å². The highest BCUT2D eigenvalue weighted by atomic mass is 32.2. The minimum atomic E-state index is 0.832. The van der Waals surface area contributed by atoms with Gasteiger partial charge in [0, 0.05) is 18.5 Å². The maximum Gasteiger partial charge on any atom is 0.133 e. The van der Waals surface area contributed by atoms with Crippen LogP contribution in [-0.4, -0.2) is 16.5 Å². The maximum absolute atomic E-state index is 5.35. The van der Waals surface area contributed by atoms with Gasteiger partial charge in [-0.25, -0.2) is 9.97 Å². The van der Waals surface area contributed by atoms with E-state index in [9.17, 15) is 0 Å². The molecule has 0 atom stereocenters. The third-order valence-corrected chi connectivity index (χ3v) is 4.26. The molecule has 0 saturated carbocycles. The van der Waals surface area contributed by atoms with Crippen LogP contribution in [0.1, 0.15) is 37.4 Å². The molecule has 0 aliphatic heterocycles. The molecule has 4 nitrogen and oxygen atoms in total. The van der Waals surface area contributed by atoms with Crippen LogP contribution < -0.4 is 5.32 Å². The summed E-state index contributed by atoms with van der Waals surface area (Å²) in [7, 11) is 0. The lowest BCUT2D eigenvalue weighted by molar-refractivity contribution is 0.527. The number of rotatable bonds is 6. The summed E-state index contributed by atoms with van der Waals surface area (Å²) in [4.78, 5) is 10.3. The van der Waals surface area contributed by atoms with Gasteiger partial charge in [-0.3, -0.25) is 0 Å². The maximum atomic E-state index is 5.35. The Labute approximate surface area is 124 Å². The Hall–Kier alpha value is -1.49. The number of aryl methyl sites for hydroxylation is 2. The lowest BCUT2D eigenvalue weighted by Gasteiger charge is -2.12. The first-order valence-corrected chi connectivity index (χ1v) is 7.80. The SMILES string of the molecule is CCCNc1nc(CC)nc(Sc2ccoc2C)c1C. The first kappa shape index (κ1) is 14.9. The molecule has 20 heavy (non-hydrogen) atoms. The Kier molecular flexibility index (Phi) is 5.06. The van der Waals surface area contributed by atoms with Crippen molar-refractivity contribution in [3.8, 4) is 0 Å². The first-order valence-electron chi connectivity index (χ1n) is 6.99. The summed E-state index contributed by atoms with van der Waals surface area (Å²) in [5.41, 5.74) is 1.10. The van der Waals surface area contributed by atoms with Crippen LogP contribution >= 0.6 is 11.8 Å². The number of nitrogens with zero attached hydrogens (tertiary/aromatic N) is 2. The number of hydrogen-bond donors (Lipinski definition) is 1. The quantitative estimate of drug-likeness (QED) is 0.807. The molecule has 0 aliphatic rings. The van der Waals surface area contributed by atoms with Crippen LogP contribution in [0.5, 0.6) is 0 Å². The van der Waals surface area contributed by atoms with Gasteiger partial charge in [0.25, 0.3) is 0 Å². The van der Waals surface area contributed by atoms with E-state index in [0.717, 1.165) is 52.3 Å². The molecule has 0 amide bonds. The van der Waals surface area contributed by atoms with Gasteiger partial charge in [-0.1, -0.05) is 25.6 Å². The van der Waals surface area contributed by atoms with Crippen LogP contribution in [0.3, 0.4) is 0 Å². The Morgan fingerprint density at radius 1 is 1.25 bits per heavy atom. The smallest absolute Gasteiger partial charge is 0.133 e. The van der Waals surface area contributed by atoms with Crippen molar-refractivity contribution in [1.29, 1.82) is 0 Å². The molecule has 0 aromatic carbocycles. The molecular weight excluding hydrogens is 270 g/mol. The molecule has 108 valence electrons. The third-order valence-electron chi connectivity index (χ3n) is 3.02. The molecule has 0 unspecified atom stereocenters. The Bertz CT molecular complexity index is 580. The van der Waals surface area contributed by atoms with E-state index in [1.165, 1.54) is 0 Å². The summed E-state index contributed by atoms with van der Waals surface area (Å²) in [6.45, 7) is 9.18. The zero-order chi connectivity index (χ0) is 14.5. The third kappa shape index (κ3) is 3.33. The van der Waals surface area contributed by atoms with Gasteiger partial charge in [0.1, 0.15) is 22.4 Å². The van der Waals surface area contributed by atoms with Crippen molar-refractivity contribution in [2.45, 2.75) is 50.5 Å². The predicted octanol–water partition coefficient (Wildman–Crippen LogP) is 4.22. The van der Waals surface area contributed by atoms with Gasteiger partial charge in [0.05, 0.1) is 11.2 Å². The summed E-state index contributed by atoms with van der Waals surface area (Å²) in [5.74, 6) is 2.74. The second kappa shape index (κ2) is 6.79. The van der Waals surface area contributed by atoms with Crippen molar-refractivity contribution in [3.05, 3.63) is 29.5 Å². The number of hydrogen-bond acceptors (Lipinski definition) is 5. The number of furan rings is 1. The zero-order valence-electron chi connectivity index (χ0n) is 12.5. The lowest BCUT2D eigenvalue weighted by Crippen LogP contribution is -2.08. The van der Waals surface area contributed by atoms with Crippen molar-refractivity contribution >= 4 is 17.6 Å². The van der Waals surface area contributed by atoms with Gasteiger partial charge in [0.15, 0.2) is 0 Å². The average molecular weight is 291 g/mol. The van der Waals surface area contributed by atoms with Gasteiger partial charge in [-0.05, 0) is 26.3 Å². The molecule has 2 heterocycles. The molecule has 2 rings (SSSR count). The van der Waals surface area contributed by atoms with E-state index in [0.29, 0.717) is 0 Å². The van der Waals surface area contributed by atoms with Gasteiger partial charge < -0.3 is 9.73 Å². The molecule has 2 aromatic rings. The molecule has 5 heteroatoms. The minimum absolute atomic E-state index is 0.832. The molecule has 0 spiro atoms. The van der Waals surface area contributed by atoms with E-state index < -0.39 is 0 Å². The molecule has 0 radical (unpaired) electrons. The molecule has 0 bridgehead atoms. The van der Waals surface area contributed by atoms with E-state index in [1.807, 2.05) is 13.0 Å². The van der Waals surface area contributed by atoms with Crippen LogP contribution in [0, 0.1) is 13.8 Å². The van der Waals surface area contributed by atoms with Crippen molar-refractivity contribution in [1.82, 2.24) is 9.97 Å². The topological polar surface area (TPSA) is 51.0 Å². The molecule has 0 aliphatic carbocycles. The summed E-state index contributed by atoms with van der Waals surface area (Å²) in [5, 5.41) is 4.38. The lowest BCUT2D eigenvalue weighted by atomic mass is 10.3. The van der Waals surface area contributed by atoms with E-state index in [4.69, 9.17) is 4.42 Å². The largest absolute Gasteiger partial charge is 0.468 e. The van der Waals surface area contributed by atoms with Crippen LogP contribution in [0.4, 0.5) is 5.82 Å². The monoisotopic (exact) mass is 291 g/mol. The molecule has 2 aromatic heterocycles. The highest BCUT2D eigenvalue weighted by Crippen LogP contribution is 2.33. The van der Waals surface area contributed by atoms with Crippen molar-refractivity contribution in [2.75, 3.05) is 11.9 Å². The normalized spacial score (nSPS) is 10.8. The molecular formula is C15H21N3OS. The first-order chi connectivity index (χ1) is 9.65. The average Bonchev–Trinajstić information content (AvgIpc) is 2.85. The molecule has 1 N–H and O–H groups in total. The Balaban J connectivity index is 2.33. The minimum Gasteiger partial charge on any atom is -0.468 e. The second-order valence-corrected chi connectivity index (χ2v) is 5.67. The van der Waals surface area contributed by atoms with Gasteiger partial charge in [-0.15, -0.1) is 0 Å².